The van der Waals surface area contributed by atoms with Crippen LogP contribution in [0.5, 0.6) is 0 Å². The first-order valence-electron chi connectivity index (χ1n) is 9.14. The first-order valence-corrected chi connectivity index (χ1v) is 10.6. The molecule has 2 heterocycles. The summed E-state index contributed by atoms with van der Waals surface area (Å²) in [4.78, 5) is 13.1. The van der Waals surface area contributed by atoms with Crippen molar-refractivity contribution in [2.75, 3.05) is 13.1 Å². The minimum absolute atomic E-state index is 0.0494. The largest absolute Gasteiger partial charge is 0.285 e. The van der Waals surface area contributed by atoms with Crippen LogP contribution in [-0.4, -0.2) is 35.2 Å². The van der Waals surface area contributed by atoms with Crippen LogP contribution in [0.4, 0.5) is 0 Å². The molecule has 0 unspecified atom stereocenters. The van der Waals surface area contributed by atoms with E-state index in [1.807, 2.05) is 32.5 Å². The van der Waals surface area contributed by atoms with E-state index >= 15 is 0 Å². The van der Waals surface area contributed by atoms with Crippen LogP contribution >= 0.6 is 0 Å². The predicted octanol–water partition coefficient (Wildman–Crippen LogP) is 2.78. The molecule has 1 aromatic heterocycles. The lowest BCUT2D eigenvalue weighted by Gasteiger charge is -2.25. The zero-order chi connectivity index (χ0) is 19.1. The van der Waals surface area contributed by atoms with Gasteiger partial charge in [-0.3, -0.25) is 9.48 Å². The Kier molecular flexibility index (Phi) is 5.12. The molecule has 7 heteroatoms. The van der Waals surface area contributed by atoms with Crippen LogP contribution in [-0.2, 0) is 17.1 Å². The molecule has 142 valence electrons. The van der Waals surface area contributed by atoms with E-state index < -0.39 is 10.0 Å². The number of benzene rings is 1. The molecule has 0 bridgehead atoms. The van der Waals surface area contributed by atoms with E-state index in [2.05, 4.69) is 0 Å². The second-order valence-corrected chi connectivity index (χ2v) is 9.19. The molecule has 0 N–H and O–H groups in total. The van der Waals surface area contributed by atoms with E-state index in [1.165, 1.54) is 0 Å². The minimum Gasteiger partial charge on any atom is -0.285 e. The molecule has 2 aromatic rings. The molecule has 1 aromatic carbocycles. The van der Waals surface area contributed by atoms with Crippen molar-refractivity contribution in [2.45, 2.75) is 50.8 Å². The molecule has 6 nitrogen and oxygen atoms in total. The van der Waals surface area contributed by atoms with Gasteiger partial charge in [0.05, 0.1) is 10.6 Å². The van der Waals surface area contributed by atoms with Gasteiger partial charge in [-0.15, -0.1) is 0 Å². The monoisotopic (exact) mass is 377 g/mol. The molecule has 1 aliphatic heterocycles. The van der Waals surface area contributed by atoms with Gasteiger partial charge in [-0.2, -0.15) is 4.31 Å². The van der Waals surface area contributed by atoms with Crippen LogP contribution in [0.15, 0.2) is 34.0 Å². The van der Waals surface area contributed by atoms with Gasteiger partial charge in [-0.1, -0.05) is 20.3 Å². The molecule has 0 amide bonds. The summed E-state index contributed by atoms with van der Waals surface area (Å²) in [6.07, 6.45) is 2.90. The van der Waals surface area contributed by atoms with Crippen molar-refractivity contribution < 1.29 is 8.42 Å². The highest BCUT2D eigenvalue weighted by Gasteiger charge is 2.26. The summed E-state index contributed by atoms with van der Waals surface area (Å²) in [5.41, 5.74) is 2.34. The van der Waals surface area contributed by atoms with Crippen molar-refractivity contribution >= 4 is 10.0 Å². The Morgan fingerprint density at radius 1 is 1.00 bits per heavy atom. The Hall–Kier alpha value is -1.86. The van der Waals surface area contributed by atoms with Crippen LogP contribution in [0.2, 0.25) is 0 Å². The van der Waals surface area contributed by atoms with Gasteiger partial charge in [-0.25, -0.2) is 13.1 Å². The van der Waals surface area contributed by atoms with Crippen molar-refractivity contribution in [1.82, 2.24) is 13.7 Å². The maximum absolute atomic E-state index is 12.8. The third kappa shape index (κ3) is 3.14. The van der Waals surface area contributed by atoms with Crippen LogP contribution in [0.1, 0.15) is 50.3 Å². The zero-order valence-corrected chi connectivity index (χ0v) is 16.7. The Balaban J connectivity index is 1.99. The molecule has 26 heavy (non-hydrogen) atoms. The van der Waals surface area contributed by atoms with Crippen LogP contribution in [0.25, 0.3) is 5.69 Å². The van der Waals surface area contributed by atoms with E-state index in [9.17, 15) is 13.2 Å². The molecule has 0 spiro atoms. The number of hydrogen-bond acceptors (Lipinski definition) is 3. The fourth-order valence-corrected chi connectivity index (χ4v) is 5.22. The summed E-state index contributed by atoms with van der Waals surface area (Å²) < 4.78 is 30.5. The normalized spacial score (nSPS) is 16.3. The number of rotatable bonds is 4. The predicted molar refractivity (Wildman–Crippen MR) is 102 cm³/mol. The van der Waals surface area contributed by atoms with E-state index in [0.717, 1.165) is 30.5 Å². The van der Waals surface area contributed by atoms with Gasteiger partial charge in [0.2, 0.25) is 10.0 Å². The van der Waals surface area contributed by atoms with Crippen LogP contribution < -0.4 is 5.56 Å². The standard InChI is InChI=1S/C19H27N3O3S/c1-14(2)18-15(3)20(4)22(19(18)23)16-8-10-17(11-9-16)26(24,25)21-12-6-5-7-13-21/h8-11,14H,5-7,12-13H2,1-4H3. The summed E-state index contributed by atoms with van der Waals surface area (Å²) in [5, 5.41) is 0. The quantitative estimate of drug-likeness (QED) is 0.823. The summed E-state index contributed by atoms with van der Waals surface area (Å²) in [5.74, 6) is 0.133. The van der Waals surface area contributed by atoms with Gasteiger partial charge in [0.1, 0.15) is 0 Å². The van der Waals surface area contributed by atoms with Gasteiger partial charge < -0.3 is 0 Å². The average molecular weight is 378 g/mol. The Morgan fingerprint density at radius 2 is 1.58 bits per heavy atom. The first kappa shape index (κ1) is 18.9. The van der Waals surface area contributed by atoms with Gasteiger partial charge >= 0.3 is 0 Å². The van der Waals surface area contributed by atoms with E-state index in [4.69, 9.17) is 0 Å². The fraction of sp³-hybridized carbons (Fsp3) is 0.526. The fourth-order valence-electron chi connectivity index (χ4n) is 3.70. The highest BCUT2D eigenvalue weighted by molar-refractivity contribution is 7.89. The number of piperidine rings is 1. The highest BCUT2D eigenvalue weighted by Crippen LogP contribution is 2.22. The third-order valence-corrected chi connectivity index (χ3v) is 7.12. The lowest BCUT2D eigenvalue weighted by atomic mass is 10.0. The molecule has 0 radical (unpaired) electrons. The average Bonchev–Trinajstić information content (AvgIpc) is 2.85. The van der Waals surface area contributed by atoms with Crippen molar-refractivity contribution in [3.05, 3.63) is 45.9 Å². The van der Waals surface area contributed by atoms with Crippen LogP contribution in [0.3, 0.4) is 0 Å². The molecule has 1 fully saturated rings. The maximum atomic E-state index is 12.8. The zero-order valence-electron chi connectivity index (χ0n) is 15.9. The van der Waals surface area contributed by atoms with Crippen molar-refractivity contribution in [2.24, 2.45) is 7.05 Å². The van der Waals surface area contributed by atoms with Crippen molar-refractivity contribution in [1.29, 1.82) is 0 Å². The Bertz CT molecular complexity index is 947. The van der Waals surface area contributed by atoms with E-state index in [-0.39, 0.29) is 16.4 Å². The summed E-state index contributed by atoms with van der Waals surface area (Å²) in [6.45, 7) is 7.10. The lowest BCUT2D eigenvalue weighted by Crippen LogP contribution is -2.35. The SMILES string of the molecule is Cc1c(C(C)C)c(=O)n(-c2ccc(S(=O)(=O)N3CCCCC3)cc2)n1C. The number of nitrogens with zero attached hydrogens (tertiary/aromatic N) is 3. The first-order chi connectivity index (χ1) is 12.2. The number of hydrogen-bond donors (Lipinski definition) is 0. The Labute approximate surface area is 155 Å². The van der Waals surface area contributed by atoms with Gasteiger partial charge in [0.15, 0.2) is 0 Å². The second-order valence-electron chi connectivity index (χ2n) is 7.25. The molecule has 1 aliphatic rings. The van der Waals surface area contributed by atoms with E-state index in [1.54, 1.807) is 33.3 Å². The molecule has 0 saturated carbocycles. The maximum Gasteiger partial charge on any atom is 0.275 e. The third-order valence-electron chi connectivity index (χ3n) is 5.21. The summed E-state index contributed by atoms with van der Waals surface area (Å²) in [6, 6.07) is 6.62. The summed E-state index contributed by atoms with van der Waals surface area (Å²) >= 11 is 0. The number of sulfonamides is 1. The number of aromatic nitrogens is 2. The van der Waals surface area contributed by atoms with Gasteiger partial charge in [0, 0.05) is 31.4 Å². The van der Waals surface area contributed by atoms with E-state index in [0.29, 0.717) is 18.8 Å². The molecule has 3 rings (SSSR count). The molecular weight excluding hydrogens is 350 g/mol. The molecule has 0 aliphatic carbocycles. The van der Waals surface area contributed by atoms with Crippen molar-refractivity contribution in [3.8, 4) is 5.69 Å². The molecule has 1 saturated heterocycles. The van der Waals surface area contributed by atoms with Crippen molar-refractivity contribution in [3.63, 3.8) is 0 Å². The second kappa shape index (κ2) is 7.04. The Morgan fingerprint density at radius 3 is 2.08 bits per heavy atom. The molecule has 0 atom stereocenters. The molecular formula is C19H27N3O3S. The smallest absolute Gasteiger partial charge is 0.275 e. The lowest BCUT2D eigenvalue weighted by molar-refractivity contribution is 0.346. The van der Waals surface area contributed by atoms with Crippen LogP contribution in [0, 0.1) is 6.92 Å². The van der Waals surface area contributed by atoms with Gasteiger partial charge in [0.25, 0.3) is 5.56 Å². The topological polar surface area (TPSA) is 64.3 Å². The summed E-state index contributed by atoms with van der Waals surface area (Å²) in [7, 11) is -1.61. The van der Waals surface area contributed by atoms with Gasteiger partial charge in [-0.05, 0) is 49.9 Å². The minimum atomic E-state index is -3.46. The highest BCUT2D eigenvalue weighted by atomic mass is 32.2.